The smallest absolute Gasteiger partial charge is 0.344 e. The lowest BCUT2D eigenvalue weighted by Crippen LogP contribution is -2.27. The number of aliphatic hydroxyl groups excluding tert-OH is 1. The number of ether oxygens (including phenoxy) is 1. The van der Waals surface area contributed by atoms with E-state index in [0.29, 0.717) is 17.7 Å². The molecule has 1 rings (SSSR count). The van der Waals surface area contributed by atoms with E-state index in [9.17, 15) is 9.90 Å². The lowest BCUT2D eigenvalue weighted by atomic mass is 10.1. The fourth-order valence-electron chi connectivity index (χ4n) is 1.75. The Morgan fingerprint density at radius 1 is 1.44 bits per heavy atom. The van der Waals surface area contributed by atoms with Crippen molar-refractivity contribution in [3.8, 4) is 5.75 Å². The molecule has 1 aromatic rings. The maximum atomic E-state index is 11.1. The third-order valence-corrected chi connectivity index (χ3v) is 2.71. The standard InChI is InChI=1S/C14H20O4/c1-4-5-13(14(16)17)18-12-7-6-9(2)8-11(12)10(3)15/h6-8,10,13,15H,4-5H2,1-3H3,(H,16,17)/t10-,13?/m0/s1. The number of aryl methyl sites for hydroxylation is 1. The zero-order chi connectivity index (χ0) is 13.7. The first-order valence-corrected chi connectivity index (χ1v) is 6.13. The summed E-state index contributed by atoms with van der Waals surface area (Å²) in [6.07, 6.45) is -0.374. The summed E-state index contributed by atoms with van der Waals surface area (Å²) in [6, 6.07) is 5.36. The van der Waals surface area contributed by atoms with Crippen molar-refractivity contribution in [2.24, 2.45) is 0 Å². The van der Waals surface area contributed by atoms with Crippen molar-refractivity contribution in [3.05, 3.63) is 29.3 Å². The average Bonchev–Trinajstić information content (AvgIpc) is 2.30. The Labute approximate surface area is 107 Å². The molecule has 4 nitrogen and oxygen atoms in total. The van der Waals surface area contributed by atoms with E-state index in [1.54, 1.807) is 13.0 Å². The molecular weight excluding hydrogens is 232 g/mol. The number of benzene rings is 1. The highest BCUT2D eigenvalue weighted by Gasteiger charge is 2.20. The van der Waals surface area contributed by atoms with Gasteiger partial charge >= 0.3 is 5.97 Å². The van der Waals surface area contributed by atoms with E-state index in [2.05, 4.69) is 0 Å². The van der Waals surface area contributed by atoms with Crippen molar-refractivity contribution >= 4 is 5.97 Å². The van der Waals surface area contributed by atoms with Gasteiger partial charge in [-0.25, -0.2) is 4.79 Å². The number of carbonyl (C=O) groups is 1. The van der Waals surface area contributed by atoms with Gasteiger partial charge in [0.2, 0.25) is 0 Å². The number of hydrogen-bond acceptors (Lipinski definition) is 3. The summed E-state index contributed by atoms with van der Waals surface area (Å²) in [5, 5.41) is 18.7. The largest absolute Gasteiger partial charge is 0.479 e. The predicted octanol–water partition coefficient (Wildman–Crippen LogP) is 2.68. The predicted molar refractivity (Wildman–Crippen MR) is 68.8 cm³/mol. The number of rotatable bonds is 6. The minimum Gasteiger partial charge on any atom is -0.479 e. The molecule has 0 radical (unpaired) electrons. The van der Waals surface area contributed by atoms with Crippen LogP contribution in [0.4, 0.5) is 0 Å². The number of aliphatic carboxylic acids is 1. The molecule has 18 heavy (non-hydrogen) atoms. The minimum absolute atomic E-state index is 0.441. The fraction of sp³-hybridized carbons (Fsp3) is 0.500. The average molecular weight is 252 g/mol. The minimum atomic E-state index is -0.978. The molecule has 0 heterocycles. The second-order valence-electron chi connectivity index (χ2n) is 4.45. The van der Waals surface area contributed by atoms with E-state index in [4.69, 9.17) is 9.84 Å². The normalized spacial score (nSPS) is 14.0. The van der Waals surface area contributed by atoms with Crippen molar-refractivity contribution in [3.63, 3.8) is 0 Å². The van der Waals surface area contributed by atoms with E-state index >= 15 is 0 Å². The molecule has 1 aromatic carbocycles. The van der Waals surface area contributed by atoms with Gasteiger partial charge in [0.15, 0.2) is 6.10 Å². The Kier molecular flexibility index (Phi) is 5.16. The molecule has 4 heteroatoms. The van der Waals surface area contributed by atoms with Crippen LogP contribution in [0.15, 0.2) is 18.2 Å². The summed E-state index contributed by atoms with van der Waals surface area (Å²) in [4.78, 5) is 11.1. The Balaban J connectivity index is 2.98. The van der Waals surface area contributed by atoms with Gasteiger partial charge in [-0.05, 0) is 32.4 Å². The fourth-order valence-corrected chi connectivity index (χ4v) is 1.75. The van der Waals surface area contributed by atoms with E-state index < -0.39 is 18.2 Å². The summed E-state index contributed by atoms with van der Waals surface area (Å²) in [5.41, 5.74) is 1.62. The number of aliphatic hydroxyl groups is 1. The van der Waals surface area contributed by atoms with Gasteiger partial charge in [0.1, 0.15) is 5.75 Å². The molecule has 0 amide bonds. The molecule has 0 fully saturated rings. The van der Waals surface area contributed by atoms with Crippen molar-refractivity contribution in [2.45, 2.75) is 45.8 Å². The number of carboxylic acid groups (broad SMARTS) is 1. The van der Waals surface area contributed by atoms with Gasteiger partial charge in [0.05, 0.1) is 6.10 Å². The van der Waals surface area contributed by atoms with Crippen molar-refractivity contribution in [2.75, 3.05) is 0 Å². The molecule has 0 aliphatic heterocycles. The maximum Gasteiger partial charge on any atom is 0.344 e. The topological polar surface area (TPSA) is 66.8 Å². The molecule has 0 saturated carbocycles. The van der Waals surface area contributed by atoms with E-state index in [1.165, 1.54) is 0 Å². The molecule has 0 bridgehead atoms. The molecule has 1 unspecified atom stereocenters. The van der Waals surface area contributed by atoms with Gasteiger partial charge in [-0.3, -0.25) is 0 Å². The van der Waals surface area contributed by atoms with Crippen molar-refractivity contribution < 1.29 is 19.7 Å². The molecule has 0 aromatic heterocycles. The quantitative estimate of drug-likeness (QED) is 0.816. The Bertz CT molecular complexity index is 412. The van der Waals surface area contributed by atoms with Gasteiger partial charge in [-0.15, -0.1) is 0 Å². The second kappa shape index (κ2) is 6.40. The van der Waals surface area contributed by atoms with Crippen LogP contribution >= 0.6 is 0 Å². The van der Waals surface area contributed by atoms with Crippen LogP contribution in [0, 0.1) is 6.92 Å². The third-order valence-electron chi connectivity index (χ3n) is 2.71. The van der Waals surface area contributed by atoms with Crippen LogP contribution in [0.3, 0.4) is 0 Å². The molecule has 0 aliphatic carbocycles. The number of hydrogen-bond donors (Lipinski definition) is 2. The lowest BCUT2D eigenvalue weighted by Gasteiger charge is -2.18. The molecule has 2 N–H and O–H groups in total. The van der Waals surface area contributed by atoms with Crippen molar-refractivity contribution in [1.82, 2.24) is 0 Å². The highest BCUT2D eigenvalue weighted by atomic mass is 16.5. The first kappa shape index (κ1) is 14.5. The SMILES string of the molecule is CCCC(Oc1ccc(C)cc1[C@H](C)O)C(=O)O. The van der Waals surface area contributed by atoms with E-state index in [1.807, 2.05) is 26.0 Å². The highest BCUT2D eigenvalue weighted by molar-refractivity contribution is 5.72. The maximum absolute atomic E-state index is 11.1. The van der Waals surface area contributed by atoms with Gasteiger partial charge in [0.25, 0.3) is 0 Å². The lowest BCUT2D eigenvalue weighted by molar-refractivity contribution is -0.145. The first-order chi connectivity index (χ1) is 8.45. The van der Waals surface area contributed by atoms with E-state index in [0.717, 1.165) is 12.0 Å². The Morgan fingerprint density at radius 3 is 2.61 bits per heavy atom. The van der Waals surface area contributed by atoms with Gasteiger partial charge in [0, 0.05) is 5.56 Å². The van der Waals surface area contributed by atoms with Crippen LogP contribution in [0.25, 0.3) is 0 Å². The molecule has 0 spiro atoms. The van der Waals surface area contributed by atoms with Crippen LogP contribution in [0.1, 0.15) is 43.9 Å². The Hall–Kier alpha value is -1.55. The van der Waals surface area contributed by atoms with Crippen LogP contribution in [0.2, 0.25) is 0 Å². The van der Waals surface area contributed by atoms with Crippen LogP contribution in [0.5, 0.6) is 5.75 Å². The zero-order valence-electron chi connectivity index (χ0n) is 11.0. The van der Waals surface area contributed by atoms with Crippen molar-refractivity contribution in [1.29, 1.82) is 0 Å². The molecule has 0 aliphatic rings. The zero-order valence-corrected chi connectivity index (χ0v) is 11.0. The molecular formula is C14H20O4. The first-order valence-electron chi connectivity index (χ1n) is 6.13. The van der Waals surface area contributed by atoms with Gasteiger partial charge in [-0.1, -0.05) is 25.0 Å². The van der Waals surface area contributed by atoms with E-state index in [-0.39, 0.29) is 0 Å². The monoisotopic (exact) mass is 252 g/mol. The van der Waals surface area contributed by atoms with Gasteiger partial charge < -0.3 is 14.9 Å². The summed E-state index contributed by atoms with van der Waals surface area (Å²) in [7, 11) is 0. The summed E-state index contributed by atoms with van der Waals surface area (Å²) in [5.74, 6) is -0.537. The third kappa shape index (κ3) is 3.74. The summed E-state index contributed by atoms with van der Waals surface area (Å²) < 4.78 is 5.50. The summed E-state index contributed by atoms with van der Waals surface area (Å²) in [6.45, 7) is 5.46. The second-order valence-corrected chi connectivity index (χ2v) is 4.45. The van der Waals surface area contributed by atoms with Crippen LogP contribution in [-0.2, 0) is 4.79 Å². The molecule has 0 saturated heterocycles. The molecule has 100 valence electrons. The van der Waals surface area contributed by atoms with Gasteiger partial charge in [-0.2, -0.15) is 0 Å². The van der Waals surface area contributed by atoms with Crippen LogP contribution < -0.4 is 4.74 Å². The highest BCUT2D eigenvalue weighted by Crippen LogP contribution is 2.27. The molecule has 2 atom stereocenters. The number of carboxylic acids is 1. The van der Waals surface area contributed by atoms with Crippen LogP contribution in [-0.4, -0.2) is 22.3 Å². The summed E-state index contributed by atoms with van der Waals surface area (Å²) >= 11 is 0. The Morgan fingerprint density at radius 2 is 2.11 bits per heavy atom.